The summed E-state index contributed by atoms with van der Waals surface area (Å²) in [7, 11) is -4.15. The highest BCUT2D eigenvalue weighted by Crippen LogP contribution is 2.42. The van der Waals surface area contributed by atoms with Gasteiger partial charge in [0.2, 0.25) is 9.84 Å². The Morgan fingerprint density at radius 1 is 1.00 bits per heavy atom. The van der Waals surface area contributed by atoms with Gasteiger partial charge in [-0.05, 0) is 46.7 Å². The predicted molar refractivity (Wildman–Crippen MR) is 124 cm³/mol. The number of phenolic OH excluding ortho intramolecular Hbond substituents is 1. The Hall–Kier alpha value is -3.11. The van der Waals surface area contributed by atoms with Crippen molar-refractivity contribution < 1.29 is 23.4 Å². The molecule has 0 fully saturated rings. The molecule has 0 saturated heterocycles. The molecule has 2 aromatic carbocycles. The van der Waals surface area contributed by atoms with Crippen molar-refractivity contribution in [3.8, 4) is 11.8 Å². The van der Waals surface area contributed by atoms with Gasteiger partial charge in [-0.25, -0.2) is 13.2 Å². The summed E-state index contributed by atoms with van der Waals surface area (Å²) in [6.45, 7) is 11.5. The molecule has 0 unspecified atom stereocenters. The van der Waals surface area contributed by atoms with Crippen LogP contribution in [0.25, 0.3) is 4.91 Å². The Morgan fingerprint density at radius 3 is 1.97 bits per heavy atom. The number of benzene rings is 2. The van der Waals surface area contributed by atoms with Crippen LogP contribution < -0.4 is 0 Å². The molecule has 0 saturated carbocycles. The molecule has 0 spiro atoms. The minimum Gasteiger partial charge on any atom is -0.507 e. The van der Waals surface area contributed by atoms with E-state index in [1.54, 1.807) is 12.1 Å². The standard InChI is InChI=1S/C25H29NO5S/c1-24(2,3)19-14-17(15-20(22(19)27)25(4,5)6)21(11-8-12-26)32(30,31)18-10-7-9-16(13-18)23(28)29/h7,9-11,13-15,27H,8H2,1-6H3,(H,28,29). The van der Waals surface area contributed by atoms with Gasteiger partial charge >= 0.3 is 5.97 Å². The molecule has 0 atom stereocenters. The van der Waals surface area contributed by atoms with E-state index >= 15 is 0 Å². The number of rotatable bonds is 5. The molecule has 2 aromatic rings. The van der Waals surface area contributed by atoms with Crippen molar-refractivity contribution in [3.63, 3.8) is 0 Å². The zero-order valence-corrected chi connectivity index (χ0v) is 20.0. The van der Waals surface area contributed by atoms with Crippen molar-refractivity contribution in [2.45, 2.75) is 63.7 Å². The maximum Gasteiger partial charge on any atom is 0.335 e. The number of hydrogen-bond donors (Lipinski definition) is 2. The van der Waals surface area contributed by atoms with Crippen molar-refractivity contribution in [2.24, 2.45) is 0 Å². The zero-order valence-electron chi connectivity index (χ0n) is 19.2. The third kappa shape index (κ3) is 5.20. The van der Waals surface area contributed by atoms with E-state index < -0.39 is 26.6 Å². The lowest BCUT2D eigenvalue weighted by Crippen LogP contribution is -2.18. The summed E-state index contributed by atoms with van der Waals surface area (Å²) in [6, 6.07) is 10.3. The molecule has 170 valence electrons. The monoisotopic (exact) mass is 455 g/mol. The van der Waals surface area contributed by atoms with Crippen LogP contribution in [0.2, 0.25) is 0 Å². The second-order valence-electron chi connectivity index (χ2n) is 9.69. The number of nitriles is 1. The molecule has 0 aromatic heterocycles. The first-order chi connectivity index (χ1) is 14.6. The molecule has 2 rings (SSSR count). The van der Waals surface area contributed by atoms with Gasteiger partial charge in [0.25, 0.3) is 0 Å². The molecule has 6 nitrogen and oxygen atoms in total. The topological polar surface area (TPSA) is 115 Å². The average Bonchev–Trinajstić information content (AvgIpc) is 2.67. The number of allylic oxidation sites excluding steroid dienone is 1. The molecule has 2 N–H and O–H groups in total. The number of carboxylic acids is 1. The van der Waals surface area contributed by atoms with Crippen LogP contribution in [0.1, 0.15) is 75.0 Å². The third-order valence-electron chi connectivity index (χ3n) is 5.07. The van der Waals surface area contributed by atoms with Crippen molar-refractivity contribution in [1.29, 1.82) is 5.26 Å². The van der Waals surface area contributed by atoms with Crippen LogP contribution in [0.15, 0.2) is 47.4 Å². The molecule has 0 bridgehead atoms. The first-order valence-corrected chi connectivity index (χ1v) is 11.6. The molecular formula is C25H29NO5S. The molecule has 0 amide bonds. The van der Waals surface area contributed by atoms with Gasteiger partial charge in [-0.3, -0.25) is 0 Å². The largest absolute Gasteiger partial charge is 0.507 e. The lowest BCUT2D eigenvalue weighted by atomic mass is 9.78. The van der Waals surface area contributed by atoms with E-state index in [1.807, 2.05) is 47.6 Å². The number of nitrogens with zero attached hydrogens (tertiary/aromatic N) is 1. The molecule has 0 aliphatic rings. The minimum absolute atomic E-state index is 0.0995. The summed E-state index contributed by atoms with van der Waals surface area (Å²) in [4.78, 5) is 11.1. The molecule has 0 radical (unpaired) electrons. The van der Waals surface area contributed by atoms with Gasteiger partial charge in [-0.1, -0.05) is 53.7 Å². The maximum atomic E-state index is 13.6. The molecule has 0 aliphatic heterocycles. The van der Waals surface area contributed by atoms with E-state index in [0.717, 1.165) is 6.07 Å². The SMILES string of the molecule is CC(C)(C)c1cc(C(=CCC#N)S(=O)(=O)c2cccc(C(=O)O)c2)cc(C(C)(C)C)c1O. The fourth-order valence-electron chi connectivity index (χ4n) is 3.36. The van der Waals surface area contributed by atoms with Crippen LogP contribution in [0, 0.1) is 11.3 Å². The highest BCUT2D eigenvalue weighted by atomic mass is 32.2. The lowest BCUT2D eigenvalue weighted by molar-refractivity contribution is 0.0696. The summed E-state index contributed by atoms with van der Waals surface area (Å²) >= 11 is 0. The van der Waals surface area contributed by atoms with Crippen LogP contribution in [0.3, 0.4) is 0 Å². The van der Waals surface area contributed by atoms with E-state index in [0.29, 0.717) is 16.7 Å². The number of carbonyl (C=O) groups is 1. The van der Waals surface area contributed by atoms with E-state index in [1.165, 1.54) is 24.3 Å². The van der Waals surface area contributed by atoms with Crippen molar-refractivity contribution in [1.82, 2.24) is 0 Å². The fourth-order valence-corrected chi connectivity index (χ4v) is 4.89. The second-order valence-corrected chi connectivity index (χ2v) is 11.6. The second kappa shape index (κ2) is 8.79. The Bertz CT molecular complexity index is 1190. The summed E-state index contributed by atoms with van der Waals surface area (Å²) in [5.74, 6) is -1.13. The number of sulfone groups is 1. The highest BCUT2D eigenvalue weighted by molar-refractivity contribution is 8.00. The quantitative estimate of drug-likeness (QED) is 0.622. The van der Waals surface area contributed by atoms with Gasteiger partial charge in [-0.2, -0.15) is 5.26 Å². The smallest absolute Gasteiger partial charge is 0.335 e. The summed E-state index contributed by atoms with van der Waals surface area (Å²) in [5.41, 5.74) is 0.395. The normalized spacial score (nSPS) is 13.0. The van der Waals surface area contributed by atoms with Crippen LogP contribution >= 0.6 is 0 Å². The number of hydrogen-bond acceptors (Lipinski definition) is 5. The van der Waals surface area contributed by atoms with Gasteiger partial charge in [0.05, 0.1) is 27.9 Å². The van der Waals surface area contributed by atoms with Gasteiger partial charge in [0, 0.05) is 11.1 Å². The summed E-state index contributed by atoms with van der Waals surface area (Å²) in [6.07, 6.45) is 1.18. The predicted octanol–water partition coefficient (Wildman–Crippen LogP) is 5.41. The van der Waals surface area contributed by atoms with Gasteiger partial charge in [0.15, 0.2) is 0 Å². The van der Waals surface area contributed by atoms with Gasteiger partial charge in [-0.15, -0.1) is 0 Å². The minimum atomic E-state index is -4.15. The van der Waals surface area contributed by atoms with E-state index in [9.17, 15) is 23.4 Å². The molecule has 0 heterocycles. The average molecular weight is 456 g/mol. The first kappa shape index (κ1) is 25.2. The number of aromatic carboxylic acids is 1. The Morgan fingerprint density at radius 2 is 1.53 bits per heavy atom. The van der Waals surface area contributed by atoms with Crippen molar-refractivity contribution in [3.05, 3.63) is 64.7 Å². The highest BCUT2D eigenvalue weighted by Gasteiger charge is 2.30. The maximum absolute atomic E-state index is 13.6. The fraction of sp³-hybridized carbons (Fsp3) is 0.360. The number of carboxylic acid groups (broad SMARTS) is 1. The van der Waals surface area contributed by atoms with E-state index in [4.69, 9.17) is 5.26 Å². The Balaban J connectivity index is 2.89. The zero-order chi connectivity index (χ0) is 24.5. The van der Waals surface area contributed by atoms with E-state index in [2.05, 4.69) is 0 Å². The van der Waals surface area contributed by atoms with Crippen LogP contribution in [0.5, 0.6) is 5.75 Å². The summed E-state index contributed by atoms with van der Waals surface area (Å²) < 4.78 is 27.2. The number of aromatic hydroxyl groups is 1. The Kier molecular flexibility index (Phi) is 6.91. The van der Waals surface area contributed by atoms with Gasteiger partial charge in [0.1, 0.15) is 5.75 Å². The van der Waals surface area contributed by atoms with E-state index in [-0.39, 0.29) is 27.5 Å². The third-order valence-corrected chi connectivity index (χ3v) is 6.93. The van der Waals surface area contributed by atoms with Gasteiger partial charge < -0.3 is 10.2 Å². The van der Waals surface area contributed by atoms with Crippen molar-refractivity contribution in [2.75, 3.05) is 0 Å². The molecule has 32 heavy (non-hydrogen) atoms. The van der Waals surface area contributed by atoms with Crippen LogP contribution in [-0.2, 0) is 20.7 Å². The Labute approximate surface area is 189 Å². The first-order valence-electron chi connectivity index (χ1n) is 10.1. The van der Waals surface area contributed by atoms with Crippen LogP contribution in [-0.4, -0.2) is 24.6 Å². The lowest BCUT2D eigenvalue weighted by Gasteiger charge is -2.28. The molecule has 7 heteroatoms. The molecular weight excluding hydrogens is 426 g/mol. The summed E-state index contributed by atoms with van der Waals surface area (Å²) in [5, 5.41) is 29.4. The molecule has 0 aliphatic carbocycles. The van der Waals surface area contributed by atoms with Crippen molar-refractivity contribution >= 4 is 20.7 Å². The number of phenols is 1. The van der Waals surface area contributed by atoms with Crippen LogP contribution in [0.4, 0.5) is 0 Å².